The Morgan fingerprint density at radius 1 is 0.902 bits per heavy atom. The van der Waals surface area contributed by atoms with Gasteiger partial charge in [0.05, 0.1) is 10.9 Å². The summed E-state index contributed by atoms with van der Waals surface area (Å²) < 4.78 is 106. The van der Waals surface area contributed by atoms with Crippen LogP contribution in [-0.4, -0.2) is 50.2 Å². The molecule has 3 atom stereocenters. The van der Waals surface area contributed by atoms with E-state index < -0.39 is 63.4 Å². The van der Waals surface area contributed by atoms with Crippen molar-refractivity contribution in [3.63, 3.8) is 0 Å². The molecule has 1 aliphatic heterocycles. The van der Waals surface area contributed by atoms with Gasteiger partial charge < -0.3 is 4.74 Å². The van der Waals surface area contributed by atoms with E-state index in [0.29, 0.717) is 39.8 Å². The summed E-state index contributed by atoms with van der Waals surface area (Å²) in [6.45, 7) is 10.7. The van der Waals surface area contributed by atoms with Crippen molar-refractivity contribution in [1.82, 2.24) is 9.73 Å². The zero-order valence-corrected chi connectivity index (χ0v) is 33.3. The molecule has 1 saturated heterocycles. The van der Waals surface area contributed by atoms with Crippen molar-refractivity contribution in [2.45, 2.75) is 94.8 Å². The second kappa shape index (κ2) is 17.4. The second-order valence-corrected chi connectivity index (χ2v) is 14.7. The summed E-state index contributed by atoms with van der Waals surface area (Å²) in [5.41, 5.74) is 1.34. The predicted octanol–water partition coefficient (Wildman–Crippen LogP) is 5.29. The van der Waals surface area contributed by atoms with Crippen molar-refractivity contribution in [2.75, 3.05) is 6.61 Å². The number of sulfonamides is 1. The first kappa shape index (κ1) is 42.6. The van der Waals surface area contributed by atoms with Crippen LogP contribution in [0.25, 0.3) is 0 Å². The molecule has 1 aliphatic rings. The van der Waals surface area contributed by atoms with Gasteiger partial charge in [0.1, 0.15) is 24.2 Å². The number of nitrogens with one attached hydrogen (secondary N) is 1. The third-order valence-electron chi connectivity index (χ3n) is 8.37. The van der Waals surface area contributed by atoms with Crippen LogP contribution in [0.3, 0.4) is 0 Å². The van der Waals surface area contributed by atoms with Crippen LogP contribution in [0.5, 0.6) is 0 Å². The molecular weight excluding hydrogens is 723 g/mol. The molecule has 0 bridgehead atoms. The van der Waals surface area contributed by atoms with E-state index in [-0.39, 0.29) is 87.1 Å². The summed E-state index contributed by atoms with van der Waals surface area (Å²) in [7, 11) is -4.62. The SMILES string of the molecule is CC(C)c1cc(C(C)C)c(S(=O)(=O)NN=N[C@H](C(=O)N2C(=O)OC[C@@H]2Cc2ccccc2)[C@@H](c2cc(F)cc(F)c2)C(F)(F)F)c(C(C)C)c1.[K+]. The van der Waals surface area contributed by atoms with Gasteiger partial charge in [0.2, 0.25) is 0 Å². The first-order valence-corrected chi connectivity index (χ1v) is 17.5. The Hall–Kier alpha value is -2.76. The predicted molar refractivity (Wildman–Crippen MR) is 175 cm³/mol. The minimum absolute atomic E-state index is 0. The van der Waals surface area contributed by atoms with Crippen LogP contribution in [0, 0.1) is 11.6 Å². The van der Waals surface area contributed by atoms with Gasteiger partial charge in [-0.25, -0.2) is 18.5 Å². The van der Waals surface area contributed by atoms with Crippen molar-refractivity contribution in [2.24, 2.45) is 10.3 Å². The first-order chi connectivity index (χ1) is 23.3. The van der Waals surface area contributed by atoms with Crippen LogP contribution in [0.1, 0.15) is 93.0 Å². The molecule has 0 radical (unpaired) electrons. The zero-order valence-electron chi connectivity index (χ0n) is 29.3. The average molecular weight is 762 g/mol. The van der Waals surface area contributed by atoms with E-state index in [9.17, 15) is 40.0 Å². The number of rotatable bonds is 12. The summed E-state index contributed by atoms with van der Waals surface area (Å²) in [6, 6.07) is 9.25. The van der Waals surface area contributed by atoms with Gasteiger partial charge in [-0.2, -0.15) is 31.5 Å². The molecular formula is C35H39F5KN4O5S+. The Kier molecular flexibility index (Phi) is 14.5. The maximum Gasteiger partial charge on any atom is 1.00 e. The van der Waals surface area contributed by atoms with E-state index >= 15 is 0 Å². The number of imide groups is 1. The number of alkyl halides is 3. The monoisotopic (exact) mass is 761 g/mol. The van der Waals surface area contributed by atoms with Gasteiger partial charge in [-0.05, 0) is 64.1 Å². The number of amides is 2. The van der Waals surface area contributed by atoms with Crippen molar-refractivity contribution < 1.29 is 96.1 Å². The van der Waals surface area contributed by atoms with Gasteiger partial charge in [-0.3, -0.25) is 4.79 Å². The van der Waals surface area contributed by atoms with Gasteiger partial charge in [-0.15, -0.1) is 0 Å². The Labute approximate surface area is 336 Å². The van der Waals surface area contributed by atoms with E-state index in [2.05, 4.69) is 10.3 Å². The third kappa shape index (κ3) is 10.2. The summed E-state index contributed by atoms with van der Waals surface area (Å²) in [4.78, 5) is 29.0. The number of carbonyl (C=O) groups excluding carboxylic acids is 2. The van der Waals surface area contributed by atoms with Crippen LogP contribution < -0.4 is 56.2 Å². The molecule has 0 saturated carbocycles. The van der Waals surface area contributed by atoms with E-state index in [0.717, 1.165) is 5.56 Å². The first-order valence-electron chi connectivity index (χ1n) is 16.0. The summed E-state index contributed by atoms with van der Waals surface area (Å²) in [6.07, 6.45) is -6.65. The molecule has 0 spiro atoms. The molecule has 270 valence electrons. The molecule has 4 rings (SSSR count). The number of ether oxygens (including phenoxy) is 1. The fourth-order valence-corrected chi connectivity index (χ4v) is 7.31. The van der Waals surface area contributed by atoms with Crippen molar-refractivity contribution >= 4 is 22.0 Å². The van der Waals surface area contributed by atoms with Gasteiger partial charge in [0.25, 0.3) is 15.9 Å². The number of nitrogens with zero attached hydrogens (tertiary/aromatic N) is 3. The molecule has 2 amide bonds. The van der Waals surface area contributed by atoms with Gasteiger partial charge in [0.15, 0.2) is 6.04 Å². The summed E-state index contributed by atoms with van der Waals surface area (Å²) in [5, 5.41) is 6.93. The molecule has 0 aromatic heterocycles. The van der Waals surface area contributed by atoms with E-state index in [1.54, 1.807) is 70.2 Å². The Bertz CT molecular complexity index is 1810. The van der Waals surface area contributed by atoms with Crippen molar-refractivity contribution in [3.8, 4) is 0 Å². The zero-order chi connectivity index (χ0) is 37.1. The minimum Gasteiger partial charge on any atom is -0.447 e. The number of cyclic esters (lactones) is 1. The Morgan fingerprint density at radius 2 is 1.45 bits per heavy atom. The van der Waals surface area contributed by atoms with Crippen molar-refractivity contribution in [3.05, 3.63) is 100 Å². The maximum atomic E-state index is 14.8. The number of halogens is 5. The van der Waals surface area contributed by atoms with Crippen LogP contribution >= 0.6 is 0 Å². The average Bonchev–Trinajstić information content (AvgIpc) is 3.37. The smallest absolute Gasteiger partial charge is 0.447 e. The van der Waals surface area contributed by atoms with E-state index in [1.165, 1.54) is 0 Å². The molecule has 3 aromatic carbocycles. The molecule has 0 unspecified atom stereocenters. The number of hydrogen-bond donors (Lipinski definition) is 1. The quantitative estimate of drug-likeness (QED) is 0.117. The van der Waals surface area contributed by atoms with Crippen molar-refractivity contribution in [1.29, 1.82) is 0 Å². The standard InChI is InChI=1S/C35H39F5N4O5S.K/c1-19(2)23-15-28(20(3)4)32(29(16-23)21(5)6)50(47,48)43-42-41-31(30(35(38,39)40)24-13-25(36)17-26(37)14-24)33(45)44-27(18-49-34(44)46)12-22-10-8-7-9-11-22;/h7-11,13-17,19-21,27,30-31H,12,18H2,1-6H3,(H,41,43);/q;+1/t27-,30+,31-;/m0./s1. The Morgan fingerprint density at radius 3 is 1.94 bits per heavy atom. The number of benzene rings is 3. The number of carbonyl (C=O) groups is 2. The van der Waals surface area contributed by atoms with E-state index in [1.807, 2.05) is 18.7 Å². The fourth-order valence-electron chi connectivity index (χ4n) is 5.86. The van der Waals surface area contributed by atoms with Gasteiger partial charge in [0, 0.05) is 6.07 Å². The normalized spacial score (nSPS) is 16.5. The van der Waals surface area contributed by atoms with Crippen LogP contribution in [0.2, 0.25) is 0 Å². The van der Waals surface area contributed by atoms with Crippen LogP contribution in [0.15, 0.2) is 75.9 Å². The molecule has 9 nitrogen and oxygen atoms in total. The van der Waals surface area contributed by atoms with Crippen LogP contribution in [0.4, 0.5) is 26.7 Å². The molecule has 1 fully saturated rings. The Balaban J connectivity index is 0.00000702. The molecule has 0 aliphatic carbocycles. The maximum absolute atomic E-state index is 14.8. The molecule has 51 heavy (non-hydrogen) atoms. The fraction of sp³-hybridized carbons (Fsp3) is 0.429. The molecule has 3 aromatic rings. The van der Waals surface area contributed by atoms with Gasteiger partial charge >= 0.3 is 63.7 Å². The number of hydrogen-bond acceptors (Lipinski definition) is 7. The summed E-state index contributed by atoms with van der Waals surface area (Å²) in [5.74, 6) is -7.90. The second-order valence-electron chi connectivity index (χ2n) is 13.1. The summed E-state index contributed by atoms with van der Waals surface area (Å²) >= 11 is 0. The largest absolute Gasteiger partial charge is 1.00 e. The molecule has 1 heterocycles. The van der Waals surface area contributed by atoms with Gasteiger partial charge in [-0.1, -0.05) is 89.2 Å². The third-order valence-corrected chi connectivity index (χ3v) is 9.70. The van der Waals surface area contributed by atoms with E-state index in [4.69, 9.17) is 4.74 Å². The molecule has 1 N–H and O–H groups in total. The minimum atomic E-state index is -5.39. The van der Waals surface area contributed by atoms with Crippen LogP contribution in [-0.2, 0) is 26.0 Å². The topological polar surface area (TPSA) is 118 Å². The molecule has 16 heteroatoms.